The maximum Gasteiger partial charge on any atom is 0.343 e. The Morgan fingerprint density at radius 2 is 1.95 bits per heavy atom. The second kappa shape index (κ2) is 10.3. The summed E-state index contributed by atoms with van der Waals surface area (Å²) in [6, 6.07) is 2.50. The van der Waals surface area contributed by atoms with Gasteiger partial charge in [0.2, 0.25) is 5.43 Å². The summed E-state index contributed by atoms with van der Waals surface area (Å²) >= 11 is 7.07. The maximum atomic E-state index is 14.3. The number of pyridine rings is 1. The van der Waals surface area contributed by atoms with Gasteiger partial charge in [0, 0.05) is 37.3 Å². The summed E-state index contributed by atoms with van der Waals surface area (Å²) < 4.78 is 21.0. The van der Waals surface area contributed by atoms with Crippen LogP contribution in [0.5, 0.6) is 0 Å². The van der Waals surface area contributed by atoms with Crippen molar-refractivity contribution in [1.29, 1.82) is 0 Å². The highest BCUT2D eigenvalue weighted by Gasteiger charge is 2.33. The first-order valence-electron chi connectivity index (χ1n) is 12.1. The summed E-state index contributed by atoms with van der Waals surface area (Å²) in [5.41, 5.74) is 8.25. The van der Waals surface area contributed by atoms with Crippen molar-refractivity contribution in [3.05, 3.63) is 61.6 Å². The molecule has 0 aliphatic carbocycles. The average molecular weight is 531 g/mol. The van der Waals surface area contributed by atoms with Gasteiger partial charge in [0.1, 0.15) is 11.4 Å². The Morgan fingerprint density at radius 1 is 1.27 bits per heavy atom. The van der Waals surface area contributed by atoms with Crippen LogP contribution in [0, 0.1) is 25.6 Å². The molecule has 8 nitrogen and oxygen atoms in total. The number of aliphatic hydroxyl groups excluding tert-OH is 1. The predicted molar refractivity (Wildman–Crippen MR) is 145 cm³/mol. The number of nitrogens with zero attached hydrogens (tertiary/aromatic N) is 3. The number of carbonyl (C=O) groups is 1. The van der Waals surface area contributed by atoms with E-state index in [0.29, 0.717) is 27.7 Å². The van der Waals surface area contributed by atoms with Crippen LogP contribution in [0.3, 0.4) is 0 Å². The van der Waals surface area contributed by atoms with E-state index in [-0.39, 0.29) is 28.8 Å². The number of carbonyl (C=O) groups excluding carboxylic acids is 1. The number of aryl methyl sites for hydroxylation is 1. The third-order valence-corrected chi connectivity index (χ3v) is 7.29. The van der Waals surface area contributed by atoms with Crippen LogP contribution >= 0.6 is 11.6 Å². The lowest BCUT2D eigenvalue weighted by molar-refractivity contribution is 0.0524. The van der Waals surface area contributed by atoms with Crippen molar-refractivity contribution in [2.45, 2.75) is 27.4 Å². The van der Waals surface area contributed by atoms with E-state index in [0.717, 1.165) is 37.0 Å². The lowest BCUT2D eigenvalue weighted by Crippen LogP contribution is -2.51. The zero-order valence-electron chi connectivity index (χ0n) is 21.7. The van der Waals surface area contributed by atoms with E-state index in [2.05, 4.69) is 9.80 Å². The maximum absolute atomic E-state index is 14.3. The van der Waals surface area contributed by atoms with Crippen molar-refractivity contribution < 1.29 is 19.0 Å². The molecule has 1 saturated heterocycles. The van der Waals surface area contributed by atoms with Gasteiger partial charge in [-0.25, -0.2) is 9.18 Å². The van der Waals surface area contributed by atoms with E-state index in [4.69, 9.17) is 22.1 Å². The van der Waals surface area contributed by atoms with Gasteiger partial charge in [-0.2, -0.15) is 0 Å². The van der Waals surface area contributed by atoms with E-state index in [1.54, 1.807) is 11.5 Å². The molecule has 0 radical (unpaired) electrons. The molecule has 1 fully saturated rings. The number of benzene rings is 2. The van der Waals surface area contributed by atoms with Gasteiger partial charge in [-0.15, -0.1) is 0 Å². The van der Waals surface area contributed by atoms with Crippen LogP contribution in [0.15, 0.2) is 23.1 Å². The van der Waals surface area contributed by atoms with Crippen LogP contribution in [0.1, 0.15) is 34.0 Å². The molecule has 198 valence electrons. The van der Waals surface area contributed by atoms with Crippen molar-refractivity contribution in [1.82, 2.24) is 9.47 Å². The Morgan fingerprint density at radius 3 is 2.54 bits per heavy atom. The summed E-state index contributed by atoms with van der Waals surface area (Å²) in [6.45, 7) is 7.52. The quantitative estimate of drug-likeness (QED) is 0.355. The molecular weight excluding hydrogens is 499 g/mol. The van der Waals surface area contributed by atoms with Crippen molar-refractivity contribution in [2.24, 2.45) is 5.92 Å². The second-order valence-electron chi connectivity index (χ2n) is 9.79. The van der Waals surface area contributed by atoms with Gasteiger partial charge < -0.3 is 29.9 Å². The molecule has 37 heavy (non-hydrogen) atoms. The normalized spacial score (nSPS) is 13.9. The van der Waals surface area contributed by atoms with Crippen molar-refractivity contribution in [3.63, 3.8) is 0 Å². The molecule has 0 saturated carbocycles. The second-order valence-corrected chi connectivity index (χ2v) is 10.2. The number of nitrogen functional groups attached to an aromatic ring is 1. The fourth-order valence-corrected chi connectivity index (χ4v) is 5.54. The fraction of sp³-hybridized carbons (Fsp3) is 0.407. The molecule has 4 rings (SSSR count). The number of anilines is 2. The number of aliphatic hydroxyl groups is 1. The van der Waals surface area contributed by atoms with E-state index < -0.39 is 23.8 Å². The Balaban J connectivity index is 2.06. The van der Waals surface area contributed by atoms with Gasteiger partial charge in [0.25, 0.3) is 0 Å². The molecule has 1 aromatic heterocycles. The first kappa shape index (κ1) is 26.9. The van der Waals surface area contributed by atoms with E-state index in [9.17, 15) is 19.1 Å². The number of nitrogens with two attached hydrogens (primary N) is 1. The molecule has 3 aromatic rings. The van der Waals surface area contributed by atoms with Gasteiger partial charge in [0.15, 0.2) is 0 Å². The number of rotatable bonds is 7. The third-order valence-electron chi connectivity index (χ3n) is 6.94. The lowest BCUT2D eigenvalue weighted by atomic mass is 9.93. The Bertz CT molecular complexity index is 1450. The molecule has 0 amide bonds. The van der Waals surface area contributed by atoms with Gasteiger partial charge in [-0.1, -0.05) is 11.6 Å². The molecule has 1 aliphatic heterocycles. The topological polar surface area (TPSA) is 101 Å². The number of aromatic nitrogens is 1. The Labute approximate surface area is 220 Å². The molecule has 0 unspecified atom stereocenters. The van der Waals surface area contributed by atoms with Crippen LogP contribution in [0.4, 0.5) is 15.8 Å². The van der Waals surface area contributed by atoms with Crippen LogP contribution in [0.25, 0.3) is 16.6 Å². The number of esters is 1. The fourth-order valence-electron chi connectivity index (χ4n) is 5.09. The molecule has 2 aromatic carbocycles. The number of ether oxygens (including phenoxy) is 1. The zero-order chi connectivity index (χ0) is 27.2. The molecule has 1 aliphatic rings. The van der Waals surface area contributed by atoms with Crippen molar-refractivity contribution in [3.8, 4) is 5.69 Å². The van der Waals surface area contributed by atoms with Crippen LogP contribution in [-0.2, 0) is 11.3 Å². The highest BCUT2D eigenvalue weighted by molar-refractivity contribution is 6.38. The van der Waals surface area contributed by atoms with Crippen LogP contribution in [0.2, 0.25) is 5.02 Å². The minimum absolute atomic E-state index is 0.0858. The average Bonchev–Trinajstić information content (AvgIpc) is 2.82. The van der Waals surface area contributed by atoms with E-state index >= 15 is 0 Å². The third kappa shape index (κ3) is 4.67. The molecular formula is C27H32ClFN4O4. The smallest absolute Gasteiger partial charge is 0.343 e. The highest BCUT2D eigenvalue weighted by Crippen LogP contribution is 2.42. The SMILES string of the molecule is CCOC(=O)c1cn(-c2cc(N)c(F)cc2CO)c2c(Cl)c(N3CC(CN(C)C)C3)c(C)c(C)c2c1=O. The first-order valence-corrected chi connectivity index (χ1v) is 12.5. The zero-order valence-corrected chi connectivity index (χ0v) is 22.4. The van der Waals surface area contributed by atoms with Crippen molar-refractivity contribution >= 4 is 39.8 Å². The minimum Gasteiger partial charge on any atom is -0.462 e. The molecule has 2 heterocycles. The molecule has 0 spiro atoms. The van der Waals surface area contributed by atoms with E-state index in [1.165, 1.54) is 12.3 Å². The van der Waals surface area contributed by atoms with Crippen LogP contribution in [-0.4, -0.2) is 60.9 Å². The minimum atomic E-state index is -0.782. The summed E-state index contributed by atoms with van der Waals surface area (Å²) in [5.74, 6) is -0.988. The van der Waals surface area contributed by atoms with Gasteiger partial charge in [-0.05, 0) is 58.1 Å². The summed E-state index contributed by atoms with van der Waals surface area (Å²) in [6.07, 6.45) is 1.34. The summed E-state index contributed by atoms with van der Waals surface area (Å²) in [4.78, 5) is 30.8. The van der Waals surface area contributed by atoms with Gasteiger partial charge in [-0.3, -0.25) is 4.79 Å². The predicted octanol–water partition coefficient (Wildman–Crippen LogP) is 3.65. The standard InChI is InChI=1S/C27H32ClFN4O4/c1-6-37-27(36)18-12-33(21-8-20(30)19(29)7-17(21)13-34)25-22(26(18)35)14(2)15(3)24(23(25)28)32-10-16(11-32)9-31(4)5/h7-8,12,16,34H,6,9-11,13,30H2,1-5H3. The molecule has 0 atom stereocenters. The van der Waals surface area contributed by atoms with Gasteiger partial charge in [0.05, 0.1) is 46.2 Å². The van der Waals surface area contributed by atoms with Crippen molar-refractivity contribution in [2.75, 3.05) is 51.0 Å². The number of fused-ring (bicyclic) bond motifs is 1. The number of hydrogen-bond acceptors (Lipinski definition) is 7. The Kier molecular flexibility index (Phi) is 7.50. The lowest BCUT2D eigenvalue weighted by Gasteiger charge is -2.43. The molecule has 0 bridgehead atoms. The highest BCUT2D eigenvalue weighted by atomic mass is 35.5. The number of halogens is 2. The monoisotopic (exact) mass is 530 g/mol. The van der Waals surface area contributed by atoms with Crippen LogP contribution < -0.4 is 16.1 Å². The molecule has 10 heteroatoms. The molecule has 3 N–H and O–H groups in total. The summed E-state index contributed by atoms with van der Waals surface area (Å²) in [5, 5.41) is 10.6. The first-order chi connectivity index (χ1) is 17.5. The van der Waals surface area contributed by atoms with Gasteiger partial charge >= 0.3 is 5.97 Å². The Hall–Kier alpha value is -3.14. The largest absolute Gasteiger partial charge is 0.462 e. The number of hydrogen-bond donors (Lipinski definition) is 2. The summed E-state index contributed by atoms with van der Waals surface area (Å²) in [7, 11) is 4.07. The van der Waals surface area contributed by atoms with E-state index in [1.807, 2.05) is 27.9 Å².